The number of halogens is 1. The number of carbonyl (C=O) groups is 2. The van der Waals surface area contributed by atoms with Crippen molar-refractivity contribution in [2.24, 2.45) is 5.16 Å². The maximum absolute atomic E-state index is 13.0. The summed E-state index contributed by atoms with van der Waals surface area (Å²) >= 11 is 7.91. The van der Waals surface area contributed by atoms with Gasteiger partial charge in [-0.1, -0.05) is 65.3 Å². The molecule has 0 bridgehead atoms. The largest absolute Gasteiger partial charge is 0.342 e. The first-order chi connectivity index (χ1) is 19.9. The van der Waals surface area contributed by atoms with E-state index in [1.807, 2.05) is 104 Å². The van der Waals surface area contributed by atoms with Crippen LogP contribution in [0.2, 0.25) is 0 Å². The number of benzene rings is 3. The molecule has 0 aliphatic heterocycles. The second-order valence-corrected chi connectivity index (χ2v) is 11.6. The van der Waals surface area contributed by atoms with Crippen molar-refractivity contribution in [3.05, 3.63) is 118 Å². The second-order valence-electron chi connectivity index (χ2n) is 9.80. The predicted molar refractivity (Wildman–Crippen MR) is 172 cm³/mol. The average molecular weight is 587 g/mol. The number of oxime groups is 1. The van der Waals surface area contributed by atoms with E-state index in [-0.39, 0.29) is 5.78 Å². The zero-order valence-corrected chi connectivity index (χ0v) is 25.3. The first kappa shape index (κ1) is 30.4. The van der Waals surface area contributed by atoms with Crippen LogP contribution in [0.15, 0.2) is 101 Å². The summed E-state index contributed by atoms with van der Waals surface area (Å²) in [6, 6.07) is 23.5. The van der Waals surface area contributed by atoms with Crippen molar-refractivity contribution >= 4 is 52.2 Å². The molecule has 1 atom stereocenters. The minimum atomic E-state index is -0.439. The van der Waals surface area contributed by atoms with Crippen LogP contribution in [0, 0.1) is 6.92 Å². The van der Waals surface area contributed by atoms with Crippen LogP contribution in [-0.4, -0.2) is 35.0 Å². The maximum Gasteiger partial charge on any atom is 0.331 e. The molecule has 41 heavy (non-hydrogen) atoms. The lowest BCUT2D eigenvalue weighted by atomic mass is 9.99. The van der Waals surface area contributed by atoms with Crippen molar-refractivity contribution in [2.75, 3.05) is 17.2 Å². The van der Waals surface area contributed by atoms with Gasteiger partial charge >= 0.3 is 5.97 Å². The third-order valence-corrected chi connectivity index (χ3v) is 8.43. The lowest BCUT2D eigenvalue weighted by molar-refractivity contribution is -0.140. The van der Waals surface area contributed by atoms with E-state index in [9.17, 15) is 9.59 Å². The molecule has 7 heteroatoms. The fraction of sp³-hybridized carbons (Fsp3) is 0.265. The van der Waals surface area contributed by atoms with Gasteiger partial charge in [0, 0.05) is 46.3 Å². The van der Waals surface area contributed by atoms with E-state index in [1.165, 1.54) is 6.92 Å². The number of aryl methyl sites for hydroxylation is 1. The normalized spacial score (nSPS) is 14.9. The van der Waals surface area contributed by atoms with Crippen molar-refractivity contribution in [1.82, 2.24) is 0 Å². The van der Waals surface area contributed by atoms with Gasteiger partial charge in [0.05, 0.1) is 5.71 Å². The Morgan fingerprint density at radius 2 is 1.66 bits per heavy atom. The Labute approximate surface area is 251 Å². The topological polar surface area (TPSA) is 59.0 Å². The Balaban J connectivity index is 1.42. The van der Waals surface area contributed by atoms with Gasteiger partial charge in [0.1, 0.15) is 0 Å². The fourth-order valence-corrected chi connectivity index (χ4v) is 5.86. The van der Waals surface area contributed by atoms with Crippen molar-refractivity contribution in [3.63, 3.8) is 0 Å². The van der Waals surface area contributed by atoms with Gasteiger partial charge in [0.25, 0.3) is 0 Å². The van der Waals surface area contributed by atoms with E-state index in [0.29, 0.717) is 17.2 Å². The lowest BCUT2D eigenvalue weighted by Crippen LogP contribution is -2.16. The van der Waals surface area contributed by atoms with Crippen LogP contribution in [0.5, 0.6) is 0 Å². The van der Waals surface area contributed by atoms with Crippen LogP contribution in [0.25, 0.3) is 0 Å². The summed E-state index contributed by atoms with van der Waals surface area (Å²) in [7, 11) is 0. The van der Waals surface area contributed by atoms with Gasteiger partial charge in [0.2, 0.25) is 0 Å². The lowest BCUT2D eigenvalue weighted by Gasteiger charge is -2.24. The third kappa shape index (κ3) is 8.44. The molecular formula is C34H35ClN2O3S. The van der Waals surface area contributed by atoms with Crippen LogP contribution < -0.4 is 4.90 Å². The molecule has 5 nitrogen and oxygen atoms in total. The number of hydrogen-bond acceptors (Lipinski definition) is 6. The predicted octanol–water partition coefficient (Wildman–Crippen LogP) is 8.62. The first-order valence-corrected chi connectivity index (χ1v) is 15.3. The molecule has 0 N–H and O–H groups in total. The van der Waals surface area contributed by atoms with Crippen molar-refractivity contribution in [3.8, 4) is 0 Å². The summed E-state index contributed by atoms with van der Waals surface area (Å²) in [4.78, 5) is 31.7. The van der Waals surface area contributed by atoms with E-state index in [2.05, 4.69) is 23.1 Å². The summed E-state index contributed by atoms with van der Waals surface area (Å²) in [6.07, 6.45) is 8.69. The molecule has 212 valence electrons. The zero-order valence-electron chi connectivity index (χ0n) is 23.7. The quantitative estimate of drug-likeness (QED) is 0.0699. The smallest absolute Gasteiger partial charge is 0.331 e. The summed E-state index contributed by atoms with van der Waals surface area (Å²) < 4.78 is 0. The number of rotatable bonds is 12. The third-order valence-electron chi connectivity index (χ3n) is 6.85. The molecule has 3 aromatic rings. The van der Waals surface area contributed by atoms with Crippen molar-refractivity contribution in [2.45, 2.75) is 45.3 Å². The molecule has 0 saturated heterocycles. The molecule has 4 rings (SSSR count). The molecule has 0 amide bonds. The number of anilines is 2. The Hall–Kier alpha value is -3.61. The van der Waals surface area contributed by atoms with E-state index < -0.39 is 5.97 Å². The number of hydrogen-bond donors (Lipinski definition) is 0. The number of ketones is 1. The summed E-state index contributed by atoms with van der Waals surface area (Å²) in [5, 5.41) is 5.40. The van der Waals surface area contributed by atoms with Crippen LogP contribution in [0.3, 0.4) is 0 Å². The molecule has 1 aliphatic carbocycles. The summed E-state index contributed by atoms with van der Waals surface area (Å²) in [5.41, 5.74) is 6.04. The standard InChI is InChI=1S/C34H35ClN2O3S/c1-4-37(30-19-13-27(14-20-30)34(39)32-9-6-5-8-24(32)2)29-17-11-26(12-18-29)33(36-40-25(3)38)10-7-23-41-31-21-15-28(35)16-22-31/h5-6,8-9,11-21,31H,4,7,10,22-23H2,1-3H3/b36-33+. The minimum Gasteiger partial charge on any atom is -0.342 e. The highest BCUT2D eigenvalue weighted by Gasteiger charge is 2.14. The molecule has 1 aliphatic rings. The number of nitrogens with zero attached hydrogens (tertiary/aromatic N) is 2. The van der Waals surface area contributed by atoms with Crippen molar-refractivity contribution in [1.29, 1.82) is 0 Å². The highest BCUT2D eigenvalue weighted by atomic mass is 35.5. The fourth-order valence-electron chi connectivity index (χ4n) is 4.66. The maximum atomic E-state index is 13.0. The Morgan fingerprint density at radius 1 is 1.00 bits per heavy atom. The van der Waals surface area contributed by atoms with Crippen LogP contribution >= 0.6 is 23.4 Å². The number of allylic oxidation sites excluding steroid dienone is 3. The Kier molecular flexibility index (Phi) is 11.0. The van der Waals surface area contributed by atoms with Crippen LogP contribution in [-0.2, 0) is 9.63 Å². The molecule has 0 aromatic heterocycles. The van der Waals surface area contributed by atoms with Gasteiger partial charge in [0.15, 0.2) is 5.78 Å². The monoisotopic (exact) mass is 586 g/mol. The van der Waals surface area contributed by atoms with Crippen LogP contribution in [0.4, 0.5) is 11.4 Å². The average Bonchev–Trinajstić information content (AvgIpc) is 2.99. The van der Waals surface area contributed by atoms with E-state index in [0.717, 1.165) is 63.9 Å². The Morgan fingerprint density at radius 3 is 2.24 bits per heavy atom. The molecule has 1 unspecified atom stereocenters. The van der Waals surface area contributed by atoms with Gasteiger partial charge in [-0.05, 0) is 92.5 Å². The van der Waals surface area contributed by atoms with Crippen LogP contribution in [0.1, 0.15) is 60.2 Å². The molecule has 3 aromatic carbocycles. The molecular weight excluding hydrogens is 552 g/mol. The van der Waals surface area contributed by atoms with Gasteiger partial charge in [-0.25, -0.2) is 4.79 Å². The van der Waals surface area contributed by atoms with Crippen molar-refractivity contribution < 1.29 is 14.4 Å². The SMILES string of the molecule is CCN(c1ccc(C(=O)c2ccccc2C)cc1)c1ccc(/C(CCCSC2C=CC(Cl)=CC2)=N/OC(C)=O)cc1. The second kappa shape index (κ2) is 14.9. The number of thioether (sulfide) groups is 1. The molecule has 0 heterocycles. The Bertz CT molecular complexity index is 1450. The van der Waals surface area contributed by atoms with E-state index in [1.54, 1.807) is 0 Å². The van der Waals surface area contributed by atoms with Gasteiger partial charge < -0.3 is 9.74 Å². The molecule has 0 fully saturated rings. The molecule has 0 saturated carbocycles. The number of carbonyl (C=O) groups excluding carboxylic acids is 2. The highest BCUT2D eigenvalue weighted by Crippen LogP contribution is 2.28. The minimum absolute atomic E-state index is 0.0245. The molecule has 0 radical (unpaired) electrons. The van der Waals surface area contributed by atoms with E-state index in [4.69, 9.17) is 16.4 Å². The highest BCUT2D eigenvalue weighted by molar-refractivity contribution is 8.00. The van der Waals surface area contributed by atoms with Gasteiger partial charge in [-0.3, -0.25) is 4.79 Å². The molecule has 0 spiro atoms. The van der Waals surface area contributed by atoms with Gasteiger partial charge in [-0.2, -0.15) is 11.8 Å². The summed E-state index contributed by atoms with van der Waals surface area (Å²) in [6.45, 7) is 6.16. The van der Waals surface area contributed by atoms with E-state index >= 15 is 0 Å². The first-order valence-electron chi connectivity index (χ1n) is 13.8. The summed E-state index contributed by atoms with van der Waals surface area (Å²) in [5.74, 6) is 0.548. The zero-order chi connectivity index (χ0) is 29.2. The van der Waals surface area contributed by atoms with Gasteiger partial charge in [-0.15, -0.1) is 0 Å².